The lowest BCUT2D eigenvalue weighted by Crippen LogP contribution is -2.41. The Morgan fingerprint density at radius 2 is 1.86 bits per heavy atom. The molecule has 118 valence electrons. The van der Waals surface area contributed by atoms with Crippen molar-refractivity contribution in [2.45, 2.75) is 26.6 Å². The summed E-state index contributed by atoms with van der Waals surface area (Å²) in [6.07, 6.45) is 1.21. The van der Waals surface area contributed by atoms with E-state index in [4.69, 9.17) is 14.2 Å². The molecule has 1 saturated heterocycles. The average molecular weight is 371 g/mol. The summed E-state index contributed by atoms with van der Waals surface area (Å²) >= 11 is 3.28. The second-order valence-electron chi connectivity index (χ2n) is 5.01. The normalized spacial score (nSPS) is 16.8. The van der Waals surface area contributed by atoms with Gasteiger partial charge in [-0.15, -0.1) is 0 Å². The van der Waals surface area contributed by atoms with Gasteiger partial charge in [0.05, 0.1) is 6.61 Å². The highest BCUT2D eigenvalue weighted by Gasteiger charge is 2.39. The lowest BCUT2D eigenvalue weighted by Gasteiger charge is -2.29. The van der Waals surface area contributed by atoms with Gasteiger partial charge in [0.15, 0.2) is 11.5 Å². The van der Waals surface area contributed by atoms with Crippen molar-refractivity contribution in [3.05, 3.63) is 27.7 Å². The number of rotatable bonds is 3. The van der Waals surface area contributed by atoms with Crippen molar-refractivity contribution in [1.29, 1.82) is 0 Å². The van der Waals surface area contributed by atoms with E-state index in [9.17, 15) is 14.7 Å². The van der Waals surface area contributed by atoms with E-state index in [2.05, 4.69) is 15.9 Å². The van der Waals surface area contributed by atoms with E-state index in [-0.39, 0.29) is 22.6 Å². The molecule has 1 heterocycles. The smallest absolute Gasteiger partial charge is 0.348 e. The summed E-state index contributed by atoms with van der Waals surface area (Å²) in [5.74, 6) is -2.86. The van der Waals surface area contributed by atoms with E-state index in [1.807, 2.05) is 0 Å². The summed E-state index contributed by atoms with van der Waals surface area (Å²) in [5, 5.41) is 10.2. The molecule has 0 unspecified atom stereocenters. The number of ether oxygens (including phenoxy) is 3. The zero-order valence-electron chi connectivity index (χ0n) is 12.3. The lowest BCUT2D eigenvalue weighted by molar-refractivity contribution is -0.222. The van der Waals surface area contributed by atoms with Crippen molar-refractivity contribution in [2.24, 2.45) is 0 Å². The fraction of sp³-hybridized carbons (Fsp3) is 0.333. The second kappa shape index (κ2) is 6.00. The van der Waals surface area contributed by atoms with Gasteiger partial charge >= 0.3 is 11.9 Å². The van der Waals surface area contributed by atoms with E-state index in [0.717, 1.165) is 0 Å². The van der Waals surface area contributed by atoms with Crippen LogP contribution in [0.1, 0.15) is 26.3 Å². The molecule has 0 saturated carbocycles. The molecule has 0 aromatic heterocycles. The number of hydrogen-bond donors (Lipinski definition) is 1. The molecule has 1 aliphatic heterocycles. The molecule has 0 spiro atoms. The van der Waals surface area contributed by atoms with Gasteiger partial charge in [-0.2, -0.15) is 0 Å². The molecule has 0 amide bonds. The number of hydrogen-bond acceptors (Lipinski definition) is 6. The van der Waals surface area contributed by atoms with Gasteiger partial charge in [-0.25, -0.2) is 9.59 Å². The highest BCUT2D eigenvalue weighted by Crippen LogP contribution is 2.36. The molecular formula is C15H15BrO6. The Labute approximate surface area is 135 Å². The Hall–Kier alpha value is -2.02. The topological polar surface area (TPSA) is 82.1 Å². The third kappa shape index (κ3) is 3.41. The second-order valence-corrected chi connectivity index (χ2v) is 5.93. The Balaban J connectivity index is 2.45. The summed E-state index contributed by atoms with van der Waals surface area (Å²) < 4.78 is 15.9. The first-order valence-corrected chi connectivity index (χ1v) is 7.36. The molecule has 0 radical (unpaired) electrons. The Morgan fingerprint density at radius 1 is 1.27 bits per heavy atom. The van der Waals surface area contributed by atoms with Gasteiger partial charge in [0.25, 0.3) is 5.79 Å². The van der Waals surface area contributed by atoms with Crippen molar-refractivity contribution < 1.29 is 28.9 Å². The van der Waals surface area contributed by atoms with Gasteiger partial charge in [0.1, 0.15) is 5.57 Å². The van der Waals surface area contributed by atoms with Gasteiger partial charge in [0.2, 0.25) is 0 Å². The third-order valence-corrected chi connectivity index (χ3v) is 3.24. The van der Waals surface area contributed by atoms with Crippen LogP contribution < -0.4 is 4.74 Å². The van der Waals surface area contributed by atoms with Crippen LogP contribution in [-0.4, -0.2) is 29.4 Å². The summed E-state index contributed by atoms with van der Waals surface area (Å²) in [5.41, 5.74) is -0.0587. The van der Waals surface area contributed by atoms with Crippen LogP contribution in [0.3, 0.4) is 0 Å². The minimum absolute atomic E-state index is 0.178. The van der Waals surface area contributed by atoms with E-state index in [1.54, 1.807) is 19.1 Å². The van der Waals surface area contributed by atoms with Crippen molar-refractivity contribution >= 4 is 33.9 Å². The predicted molar refractivity (Wildman–Crippen MR) is 81.2 cm³/mol. The maximum absolute atomic E-state index is 11.9. The molecule has 2 rings (SSSR count). The number of halogens is 1. The molecule has 0 bridgehead atoms. The largest absolute Gasteiger partial charge is 0.504 e. The van der Waals surface area contributed by atoms with Crippen LogP contribution in [-0.2, 0) is 19.1 Å². The fourth-order valence-corrected chi connectivity index (χ4v) is 2.36. The molecule has 0 atom stereocenters. The van der Waals surface area contributed by atoms with E-state index in [1.165, 1.54) is 19.9 Å². The molecule has 0 aliphatic carbocycles. The molecular weight excluding hydrogens is 356 g/mol. The SMILES string of the molecule is CCOc1cc(Br)cc(C=C2C(=O)OC(C)(C)OC2=O)c1O. The minimum atomic E-state index is -1.30. The number of benzene rings is 1. The van der Waals surface area contributed by atoms with Gasteiger partial charge in [0, 0.05) is 23.9 Å². The van der Waals surface area contributed by atoms with Crippen LogP contribution in [0, 0.1) is 0 Å². The quantitative estimate of drug-likeness (QED) is 0.500. The van der Waals surface area contributed by atoms with Crippen LogP contribution >= 0.6 is 15.9 Å². The van der Waals surface area contributed by atoms with Crippen molar-refractivity contribution in [2.75, 3.05) is 6.61 Å². The highest BCUT2D eigenvalue weighted by molar-refractivity contribution is 9.10. The number of esters is 2. The highest BCUT2D eigenvalue weighted by atomic mass is 79.9. The van der Waals surface area contributed by atoms with E-state index in [0.29, 0.717) is 11.1 Å². The zero-order valence-corrected chi connectivity index (χ0v) is 13.9. The number of carbonyl (C=O) groups excluding carboxylic acids is 2. The Morgan fingerprint density at radius 3 is 2.41 bits per heavy atom. The molecule has 6 nitrogen and oxygen atoms in total. The first kappa shape index (κ1) is 16.4. The van der Waals surface area contributed by atoms with E-state index >= 15 is 0 Å². The first-order valence-electron chi connectivity index (χ1n) is 6.57. The number of phenols is 1. The molecule has 1 aliphatic rings. The zero-order chi connectivity index (χ0) is 16.5. The Kier molecular flexibility index (Phi) is 4.46. The summed E-state index contributed by atoms with van der Waals surface area (Å²) in [6, 6.07) is 3.13. The average Bonchev–Trinajstić information content (AvgIpc) is 2.38. The molecule has 7 heteroatoms. The minimum Gasteiger partial charge on any atom is -0.504 e. The molecule has 1 N–H and O–H groups in total. The van der Waals surface area contributed by atoms with Gasteiger partial charge in [-0.05, 0) is 25.1 Å². The third-order valence-electron chi connectivity index (χ3n) is 2.79. The lowest BCUT2D eigenvalue weighted by atomic mass is 10.1. The van der Waals surface area contributed by atoms with Crippen molar-refractivity contribution in [3.63, 3.8) is 0 Å². The van der Waals surface area contributed by atoms with Crippen LogP contribution in [0.15, 0.2) is 22.2 Å². The van der Waals surface area contributed by atoms with Gasteiger partial charge in [-0.1, -0.05) is 15.9 Å². The summed E-state index contributed by atoms with van der Waals surface area (Å²) in [4.78, 5) is 23.8. The first-order chi connectivity index (χ1) is 10.2. The van der Waals surface area contributed by atoms with Crippen LogP contribution in [0.4, 0.5) is 0 Å². The fourth-order valence-electron chi connectivity index (χ4n) is 1.90. The van der Waals surface area contributed by atoms with Crippen molar-refractivity contribution in [1.82, 2.24) is 0 Å². The van der Waals surface area contributed by atoms with Crippen LogP contribution in [0.2, 0.25) is 0 Å². The number of phenolic OH excluding ortho intramolecular Hbond substituents is 1. The maximum Gasteiger partial charge on any atom is 0.348 e. The molecule has 1 aromatic carbocycles. The Bertz CT molecular complexity index is 640. The van der Waals surface area contributed by atoms with Crippen LogP contribution in [0.25, 0.3) is 6.08 Å². The number of aromatic hydroxyl groups is 1. The number of carbonyl (C=O) groups is 2. The number of cyclic esters (lactones) is 2. The maximum atomic E-state index is 11.9. The van der Waals surface area contributed by atoms with Crippen molar-refractivity contribution in [3.8, 4) is 11.5 Å². The van der Waals surface area contributed by atoms with Gasteiger partial charge in [-0.3, -0.25) is 0 Å². The molecule has 22 heavy (non-hydrogen) atoms. The predicted octanol–water partition coefficient (Wildman–Crippen LogP) is 2.77. The summed E-state index contributed by atoms with van der Waals surface area (Å²) in [6.45, 7) is 5.06. The standard InChI is InChI=1S/C15H15BrO6/c1-4-20-11-7-9(16)5-8(12(11)17)6-10-13(18)21-15(2,3)22-14(10)19/h5-7,17H,4H2,1-3H3. The van der Waals surface area contributed by atoms with E-state index < -0.39 is 17.7 Å². The monoisotopic (exact) mass is 370 g/mol. The van der Waals surface area contributed by atoms with Crippen LogP contribution in [0.5, 0.6) is 11.5 Å². The van der Waals surface area contributed by atoms with Gasteiger partial charge < -0.3 is 19.3 Å². The molecule has 1 aromatic rings. The summed E-state index contributed by atoms with van der Waals surface area (Å²) in [7, 11) is 0. The molecule has 1 fully saturated rings.